The molecule has 2 heterocycles. The van der Waals surface area contributed by atoms with Crippen LogP contribution in [0.2, 0.25) is 0 Å². The van der Waals surface area contributed by atoms with Crippen LogP contribution in [0.4, 0.5) is 19.0 Å². The number of alkyl halides is 3. The van der Waals surface area contributed by atoms with E-state index in [1.807, 2.05) is 6.07 Å². The number of carbonyl (C=O) groups excluding carboxylic acids is 1. The number of nitrogen functional groups attached to an aromatic ring is 1. The Bertz CT molecular complexity index is 916. The van der Waals surface area contributed by atoms with Crippen LogP contribution in [0.15, 0.2) is 30.3 Å². The van der Waals surface area contributed by atoms with Gasteiger partial charge in [0.1, 0.15) is 17.6 Å². The normalized spacial score (nSPS) is 16.7. The summed E-state index contributed by atoms with van der Waals surface area (Å²) in [6.45, 7) is 1.44. The van der Waals surface area contributed by atoms with Gasteiger partial charge in [-0.05, 0) is 42.6 Å². The number of ether oxygens (including phenoxy) is 1. The van der Waals surface area contributed by atoms with Crippen LogP contribution >= 0.6 is 0 Å². The van der Waals surface area contributed by atoms with Gasteiger partial charge < -0.3 is 15.8 Å². The van der Waals surface area contributed by atoms with E-state index in [9.17, 15) is 23.2 Å². The van der Waals surface area contributed by atoms with Gasteiger partial charge in [-0.1, -0.05) is 12.1 Å². The number of hydrogen-bond donors (Lipinski definition) is 2. The summed E-state index contributed by atoms with van der Waals surface area (Å²) in [5.74, 6) is -2.59. The molecular weight excluding hydrogens is 361 g/mol. The number of esters is 1. The molecule has 1 fully saturated rings. The molecule has 0 aliphatic carbocycles. The molecule has 1 aliphatic heterocycles. The monoisotopic (exact) mass is 376 g/mol. The lowest BCUT2D eigenvalue weighted by Crippen LogP contribution is -2.28. The highest BCUT2D eigenvalue weighted by atomic mass is 19.4. The van der Waals surface area contributed by atoms with E-state index in [0.717, 1.165) is 13.0 Å². The third kappa shape index (κ3) is 3.85. The fraction of sp³-hybridized carbons (Fsp3) is 0.278. The minimum atomic E-state index is -5.12. The number of nitrogens with one attached hydrogen (secondary N) is 1. The van der Waals surface area contributed by atoms with Crippen molar-refractivity contribution >= 4 is 11.8 Å². The number of benzene rings is 1. The molecule has 3 N–H and O–H groups in total. The minimum absolute atomic E-state index is 0.0196. The summed E-state index contributed by atoms with van der Waals surface area (Å²) < 4.78 is 42.1. The van der Waals surface area contributed by atoms with Gasteiger partial charge >= 0.3 is 12.1 Å². The van der Waals surface area contributed by atoms with Crippen molar-refractivity contribution in [2.75, 3.05) is 18.8 Å². The van der Waals surface area contributed by atoms with Crippen molar-refractivity contribution in [2.24, 2.45) is 0 Å². The quantitative estimate of drug-likeness (QED) is 0.631. The number of nitrogens with zero attached hydrogens (tertiary/aromatic N) is 2. The Labute approximate surface area is 152 Å². The lowest BCUT2D eigenvalue weighted by atomic mass is 9.92. The molecule has 0 amide bonds. The van der Waals surface area contributed by atoms with Crippen molar-refractivity contribution in [1.29, 1.82) is 5.26 Å². The number of aromatic nitrogens is 1. The highest BCUT2D eigenvalue weighted by Gasteiger charge is 2.41. The first kappa shape index (κ1) is 18.7. The molecule has 3 rings (SSSR count). The fourth-order valence-corrected chi connectivity index (χ4v) is 3.01. The third-order valence-corrected chi connectivity index (χ3v) is 4.29. The van der Waals surface area contributed by atoms with Gasteiger partial charge in [-0.3, -0.25) is 0 Å². The van der Waals surface area contributed by atoms with Crippen LogP contribution in [0.25, 0.3) is 11.3 Å². The van der Waals surface area contributed by atoms with E-state index < -0.39 is 12.1 Å². The smallest absolute Gasteiger partial charge is 0.419 e. The molecule has 0 bridgehead atoms. The largest absolute Gasteiger partial charge is 0.491 e. The van der Waals surface area contributed by atoms with Gasteiger partial charge in [0, 0.05) is 12.1 Å². The number of pyridine rings is 1. The zero-order chi connectivity index (χ0) is 19.6. The molecule has 140 valence electrons. The van der Waals surface area contributed by atoms with Crippen molar-refractivity contribution in [2.45, 2.75) is 18.5 Å². The van der Waals surface area contributed by atoms with Crippen LogP contribution in [-0.2, 0) is 4.79 Å². The van der Waals surface area contributed by atoms with Crippen LogP contribution in [0.1, 0.15) is 23.5 Å². The van der Waals surface area contributed by atoms with Gasteiger partial charge in [0.15, 0.2) is 0 Å². The van der Waals surface area contributed by atoms with Gasteiger partial charge in [-0.15, -0.1) is 0 Å². The average molecular weight is 376 g/mol. The first-order valence-electron chi connectivity index (χ1n) is 8.11. The first-order valence-corrected chi connectivity index (χ1v) is 8.11. The van der Waals surface area contributed by atoms with Crippen LogP contribution in [0, 0.1) is 11.3 Å². The summed E-state index contributed by atoms with van der Waals surface area (Å²) in [6.07, 6.45) is -4.33. The van der Waals surface area contributed by atoms with E-state index in [-0.39, 0.29) is 34.3 Å². The van der Waals surface area contributed by atoms with Crippen molar-refractivity contribution in [3.63, 3.8) is 0 Å². The molecule has 9 heteroatoms. The average Bonchev–Trinajstić information content (AvgIpc) is 3.15. The Morgan fingerprint density at radius 3 is 2.74 bits per heavy atom. The summed E-state index contributed by atoms with van der Waals surface area (Å²) in [5, 5.41) is 12.6. The summed E-state index contributed by atoms with van der Waals surface area (Å²) >= 11 is 0. The summed E-state index contributed by atoms with van der Waals surface area (Å²) in [7, 11) is 0. The molecule has 1 unspecified atom stereocenters. The number of para-hydroxylation sites is 1. The highest BCUT2D eigenvalue weighted by molar-refractivity contribution is 5.81. The lowest BCUT2D eigenvalue weighted by Gasteiger charge is -2.16. The molecule has 27 heavy (non-hydrogen) atoms. The van der Waals surface area contributed by atoms with E-state index in [1.54, 1.807) is 12.1 Å². The topological polar surface area (TPSA) is 101 Å². The van der Waals surface area contributed by atoms with Gasteiger partial charge in [-0.25, -0.2) is 9.78 Å². The number of carbonyl (C=O) groups is 1. The molecule has 1 aromatic heterocycles. The summed E-state index contributed by atoms with van der Waals surface area (Å²) in [4.78, 5) is 15.4. The second-order valence-electron chi connectivity index (χ2n) is 6.04. The van der Waals surface area contributed by atoms with E-state index in [4.69, 9.17) is 5.73 Å². The van der Waals surface area contributed by atoms with Crippen LogP contribution in [0.5, 0.6) is 5.75 Å². The zero-order valence-electron chi connectivity index (χ0n) is 14.0. The predicted octanol–water partition coefficient (Wildman–Crippen LogP) is 2.75. The molecule has 0 saturated carbocycles. The number of hydrogen-bond acceptors (Lipinski definition) is 6. The SMILES string of the molecule is N#Cc1c(C2CCNC2)cc(-c2ccccc2OC(=O)C(F)(F)F)nc1N. The summed E-state index contributed by atoms with van der Waals surface area (Å²) in [5.41, 5.74) is 7.25. The first-order chi connectivity index (χ1) is 12.8. The second-order valence-corrected chi connectivity index (χ2v) is 6.04. The van der Waals surface area contributed by atoms with E-state index in [0.29, 0.717) is 12.1 Å². The Kier molecular flexibility index (Phi) is 5.01. The van der Waals surface area contributed by atoms with Gasteiger partial charge in [0.25, 0.3) is 0 Å². The number of rotatable bonds is 3. The summed E-state index contributed by atoms with van der Waals surface area (Å²) in [6, 6.07) is 9.39. The van der Waals surface area contributed by atoms with E-state index in [1.165, 1.54) is 18.2 Å². The number of nitrogens with two attached hydrogens (primary N) is 1. The van der Waals surface area contributed by atoms with Crippen molar-refractivity contribution in [3.8, 4) is 23.1 Å². The standard InChI is InChI=1S/C18H15F3N4O2/c19-18(20,21)17(26)27-15-4-2-1-3-11(15)14-7-12(10-5-6-24-9-10)13(8-22)16(23)25-14/h1-4,7,10,24H,5-6,9H2,(H2,23,25). The van der Waals surface area contributed by atoms with E-state index >= 15 is 0 Å². The number of anilines is 1. The van der Waals surface area contributed by atoms with Crippen LogP contribution in [0.3, 0.4) is 0 Å². The Morgan fingerprint density at radius 2 is 2.11 bits per heavy atom. The van der Waals surface area contributed by atoms with Gasteiger partial charge in [0.05, 0.1) is 11.3 Å². The van der Waals surface area contributed by atoms with Crippen molar-refractivity contribution in [3.05, 3.63) is 41.5 Å². The Morgan fingerprint density at radius 1 is 1.37 bits per heavy atom. The molecule has 0 radical (unpaired) electrons. The maximum absolute atomic E-state index is 12.5. The maximum atomic E-state index is 12.5. The number of halogens is 3. The molecule has 1 aromatic carbocycles. The minimum Gasteiger partial charge on any atom is -0.419 e. The fourth-order valence-electron chi connectivity index (χ4n) is 3.01. The van der Waals surface area contributed by atoms with Crippen molar-refractivity contribution < 1.29 is 22.7 Å². The number of nitriles is 1. The molecular formula is C18H15F3N4O2. The highest BCUT2D eigenvalue weighted by Crippen LogP contribution is 2.35. The maximum Gasteiger partial charge on any atom is 0.491 e. The van der Waals surface area contributed by atoms with Crippen LogP contribution in [-0.4, -0.2) is 30.2 Å². The second kappa shape index (κ2) is 7.25. The Hall–Kier alpha value is -3.12. The van der Waals surface area contributed by atoms with Gasteiger partial charge in [-0.2, -0.15) is 18.4 Å². The van der Waals surface area contributed by atoms with Crippen molar-refractivity contribution in [1.82, 2.24) is 10.3 Å². The van der Waals surface area contributed by atoms with Crippen LogP contribution < -0.4 is 15.8 Å². The molecule has 1 saturated heterocycles. The van der Waals surface area contributed by atoms with Gasteiger partial charge in [0.2, 0.25) is 0 Å². The zero-order valence-corrected chi connectivity index (χ0v) is 14.0. The Balaban J connectivity index is 2.07. The lowest BCUT2D eigenvalue weighted by molar-refractivity contribution is -0.189. The molecule has 6 nitrogen and oxygen atoms in total. The third-order valence-electron chi connectivity index (χ3n) is 4.29. The van der Waals surface area contributed by atoms with E-state index in [2.05, 4.69) is 15.0 Å². The molecule has 0 spiro atoms. The molecule has 1 atom stereocenters. The molecule has 2 aromatic rings. The molecule has 1 aliphatic rings. The predicted molar refractivity (Wildman–Crippen MR) is 90.7 cm³/mol.